The molecule has 1 amide bonds. The van der Waals surface area contributed by atoms with E-state index < -0.39 is 0 Å². The molecule has 0 bridgehead atoms. The van der Waals surface area contributed by atoms with E-state index in [9.17, 15) is 4.79 Å². The van der Waals surface area contributed by atoms with Crippen molar-refractivity contribution in [3.05, 3.63) is 64.9 Å². The molecule has 0 aliphatic heterocycles. The van der Waals surface area contributed by atoms with Crippen molar-refractivity contribution in [2.45, 2.75) is 26.7 Å². The van der Waals surface area contributed by atoms with Gasteiger partial charge >= 0.3 is 0 Å². The minimum absolute atomic E-state index is 0.142. The van der Waals surface area contributed by atoms with E-state index >= 15 is 0 Å². The van der Waals surface area contributed by atoms with E-state index in [4.69, 9.17) is 9.26 Å². The Balaban J connectivity index is 1.63. The number of benzene rings is 2. The highest BCUT2D eigenvalue weighted by Gasteiger charge is 2.20. The van der Waals surface area contributed by atoms with Crippen LogP contribution >= 0.6 is 11.3 Å². The summed E-state index contributed by atoms with van der Waals surface area (Å²) in [4.78, 5) is 22.0. The Morgan fingerprint density at radius 2 is 1.87 bits per heavy atom. The summed E-state index contributed by atoms with van der Waals surface area (Å²) >= 11 is 1.39. The second-order valence-corrected chi connectivity index (χ2v) is 8.16. The highest BCUT2D eigenvalue weighted by atomic mass is 32.1. The van der Waals surface area contributed by atoms with Gasteiger partial charge in [0.1, 0.15) is 16.5 Å². The Bertz CT molecular complexity index is 1230. The lowest BCUT2D eigenvalue weighted by Crippen LogP contribution is -2.14. The minimum atomic E-state index is -0.309. The van der Waals surface area contributed by atoms with Crippen LogP contribution in [0.3, 0.4) is 0 Å². The second kappa shape index (κ2) is 8.69. The number of ether oxygens (including phenoxy) is 1. The van der Waals surface area contributed by atoms with E-state index in [1.807, 2.05) is 63.2 Å². The predicted molar refractivity (Wildman–Crippen MR) is 121 cm³/mol. The van der Waals surface area contributed by atoms with Crippen LogP contribution in [0, 0.1) is 6.92 Å². The summed E-state index contributed by atoms with van der Waals surface area (Å²) in [6.45, 7) is 5.91. The number of nitrogens with zero attached hydrogens (tertiary/aromatic N) is 3. The number of amides is 1. The predicted octanol–water partition coefficient (Wildman–Crippen LogP) is 5.55. The molecule has 2 heterocycles. The average molecular weight is 435 g/mol. The second-order valence-electron chi connectivity index (χ2n) is 7.30. The van der Waals surface area contributed by atoms with Crippen molar-refractivity contribution in [3.8, 4) is 27.8 Å². The van der Waals surface area contributed by atoms with Gasteiger partial charge in [0, 0.05) is 11.3 Å². The molecule has 0 spiro atoms. The highest BCUT2D eigenvalue weighted by molar-refractivity contribution is 7.13. The zero-order valence-electron chi connectivity index (χ0n) is 17.7. The van der Waals surface area contributed by atoms with Crippen LogP contribution in [0.1, 0.15) is 41.6 Å². The van der Waals surface area contributed by atoms with Gasteiger partial charge in [-0.2, -0.15) is 4.98 Å². The zero-order chi connectivity index (χ0) is 22.0. The minimum Gasteiger partial charge on any atom is -0.496 e. The number of aryl methyl sites for hydroxylation is 1. The first-order valence-electron chi connectivity index (χ1n) is 9.81. The number of nitrogens with one attached hydrogen (secondary N) is 1. The Hall–Kier alpha value is -3.52. The summed E-state index contributed by atoms with van der Waals surface area (Å²) in [6, 6.07) is 13.2. The standard InChI is InChI=1S/C23H22N4O3S/c1-13(2)20-26-22(30-27-20)16-10-7-8-14(3)19(16)25-21(28)17-12-31-23(24-17)15-9-5-6-11-18(15)29-4/h5-13H,1-4H3,(H,25,28). The van der Waals surface area contributed by atoms with Crippen LogP contribution in [0.15, 0.2) is 52.4 Å². The van der Waals surface area contributed by atoms with Gasteiger partial charge in [0.2, 0.25) is 0 Å². The van der Waals surface area contributed by atoms with Gasteiger partial charge in [-0.05, 0) is 30.7 Å². The monoisotopic (exact) mass is 434 g/mol. The molecule has 0 saturated heterocycles. The van der Waals surface area contributed by atoms with E-state index in [-0.39, 0.29) is 11.8 Å². The number of methoxy groups -OCH3 is 1. The number of anilines is 1. The number of hydrogen-bond acceptors (Lipinski definition) is 7. The Morgan fingerprint density at radius 3 is 2.61 bits per heavy atom. The molecule has 31 heavy (non-hydrogen) atoms. The molecular formula is C23H22N4O3S. The Morgan fingerprint density at radius 1 is 1.10 bits per heavy atom. The molecular weight excluding hydrogens is 412 g/mol. The van der Waals surface area contributed by atoms with Crippen molar-refractivity contribution in [3.63, 3.8) is 0 Å². The van der Waals surface area contributed by atoms with Gasteiger partial charge in [0.25, 0.3) is 11.8 Å². The van der Waals surface area contributed by atoms with Crippen LogP contribution in [0.2, 0.25) is 0 Å². The maximum atomic E-state index is 13.0. The number of aromatic nitrogens is 3. The van der Waals surface area contributed by atoms with Crippen LogP contribution < -0.4 is 10.1 Å². The van der Waals surface area contributed by atoms with Crippen molar-refractivity contribution >= 4 is 22.9 Å². The number of rotatable bonds is 6. The molecule has 158 valence electrons. The highest BCUT2D eigenvalue weighted by Crippen LogP contribution is 2.33. The molecule has 0 radical (unpaired) electrons. The normalized spacial score (nSPS) is 11.0. The number of thiazole rings is 1. The smallest absolute Gasteiger partial charge is 0.275 e. The number of hydrogen-bond donors (Lipinski definition) is 1. The first kappa shape index (κ1) is 20.7. The van der Waals surface area contributed by atoms with Crippen molar-refractivity contribution in [2.24, 2.45) is 0 Å². The maximum Gasteiger partial charge on any atom is 0.275 e. The molecule has 7 nitrogen and oxygen atoms in total. The fraction of sp³-hybridized carbons (Fsp3) is 0.217. The van der Waals surface area contributed by atoms with Gasteiger partial charge in [-0.25, -0.2) is 4.98 Å². The number of para-hydroxylation sites is 2. The summed E-state index contributed by atoms with van der Waals surface area (Å²) in [6.07, 6.45) is 0. The fourth-order valence-corrected chi connectivity index (χ4v) is 3.92. The van der Waals surface area contributed by atoms with Crippen molar-refractivity contribution in [1.29, 1.82) is 0 Å². The SMILES string of the molecule is COc1ccccc1-c1nc(C(=O)Nc2c(C)cccc2-c2nc(C(C)C)no2)cs1. The van der Waals surface area contributed by atoms with Crippen LogP contribution in [-0.4, -0.2) is 28.1 Å². The van der Waals surface area contributed by atoms with Gasteiger partial charge in [0.05, 0.1) is 23.9 Å². The summed E-state index contributed by atoms with van der Waals surface area (Å²) < 4.78 is 10.8. The molecule has 0 aliphatic rings. The largest absolute Gasteiger partial charge is 0.496 e. The van der Waals surface area contributed by atoms with Crippen LogP contribution in [-0.2, 0) is 0 Å². The lowest BCUT2D eigenvalue weighted by Gasteiger charge is -2.11. The molecule has 0 unspecified atom stereocenters. The van der Waals surface area contributed by atoms with Crippen molar-refractivity contribution in [2.75, 3.05) is 12.4 Å². The first-order chi connectivity index (χ1) is 15.0. The molecule has 0 saturated carbocycles. The van der Waals surface area contributed by atoms with Gasteiger partial charge in [-0.1, -0.05) is 43.3 Å². The zero-order valence-corrected chi connectivity index (χ0v) is 18.5. The van der Waals surface area contributed by atoms with Crippen LogP contribution in [0.25, 0.3) is 22.0 Å². The summed E-state index contributed by atoms with van der Waals surface area (Å²) in [5, 5.41) is 9.45. The quantitative estimate of drug-likeness (QED) is 0.428. The molecule has 1 N–H and O–H groups in total. The first-order valence-corrected chi connectivity index (χ1v) is 10.7. The van der Waals surface area contributed by atoms with E-state index in [0.29, 0.717) is 39.4 Å². The van der Waals surface area contributed by atoms with E-state index in [1.165, 1.54) is 11.3 Å². The third-order valence-corrected chi connectivity index (χ3v) is 5.65. The lowest BCUT2D eigenvalue weighted by atomic mass is 10.1. The molecule has 4 aromatic rings. The fourth-order valence-electron chi connectivity index (χ4n) is 3.09. The van der Waals surface area contributed by atoms with Crippen molar-refractivity contribution in [1.82, 2.24) is 15.1 Å². The van der Waals surface area contributed by atoms with Gasteiger partial charge in [-0.3, -0.25) is 4.79 Å². The van der Waals surface area contributed by atoms with E-state index in [0.717, 1.165) is 11.1 Å². The summed E-state index contributed by atoms with van der Waals surface area (Å²) in [5.74, 6) is 1.54. The van der Waals surface area contributed by atoms with Gasteiger partial charge < -0.3 is 14.6 Å². The topological polar surface area (TPSA) is 90.1 Å². The third kappa shape index (κ3) is 4.20. The molecule has 0 fully saturated rings. The van der Waals surface area contributed by atoms with Crippen molar-refractivity contribution < 1.29 is 14.1 Å². The average Bonchev–Trinajstić information content (AvgIpc) is 3.45. The molecule has 2 aromatic carbocycles. The maximum absolute atomic E-state index is 13.0. The van der Waals surface area contributed by atoms with E-state index in [1.54, 1.807) is 12.5 Å². The molecule has 0 atom stereocenters. The summed E-state index contributed by atoms with van der Waals surface area (Å²) in [7, 11) is 1.61. The molecule has 4 rings (SSSR count). The molecule has 2 aromatic heterocycles. The third-order valence-electron chi connectivity index (χ3n) is 4.77. The molecule has 8 heteroatoms. The van der Waals surface area contributed by atoms with Gasteiger partial charge in [0.15, 0.2) is 5.82 Å². The van der Waals surface area contributed by atoms with E-state index in [2.05, 4.69) is 20.4 Å². The number of carbonyl (C=O) groups is 1. The van der Waals surface area contributed by atoms with Crippen LogP contribution in [0.4, 0.5) is 5.69 Å². The Labute approximate surface area is 184 Å². The van der Waals surface area contributed by atoms with Gasteiger partial charge in [-0.15, -0.1) is 11.3 Å². The Kier molecular flexibility index (Phi) is 5.81. The number of carbonyl (C=O) groups excluding carboxylic acids is 1. The van der Waals surface area contributed by atoms with Crippen LogP contribution in [0.5, 0.6) is 5.75 Å². The molecule has 0 aliphatic carbocycles. The summed E-state index contributed by atoms with van der Waals surface area (Å²) in [5.41, 5.74) is 3.35. The lowest BCUT2D eigenvalue weighted by molar-refractivity contribution is 0.102.